The van der Waals surface area contributed by atoms with Gasteiger partial charge in [0, 0.05) is 26.2 Å². The third kappa shape index (κ3) is 3.43. The predicted octanol–water partition coefficient (Wildman–Crippen LogP) is 0.430. The second-order valence-corrected chi connectivity index (χ2v) is 6.73. The van der Waals surface area contributed by atoms with Crippen molar-refractivity contribution in [3.63, 3.8) is 0 Å². The molecule has 1 aromatic heterocycles. The highest BCUT2D eigenvalue weighted by atomic mass is 32.2. The summed E-state index contributed by atoms with van der Waals surface area (Å²) in [6.45, 7) is 3.95. The molecule has 0 saturated carbocycles. The first-order chi connectivity index (χ1) is 9.03. The van der Waals surface area contributed by atoms with Crippen LogP contribution < -0.4 is 0 Å². The maximum absolute atomic E-state index is 11.8. The number of furan rings is 1. The minimum Gasteiger partial charge on any atom is -0.461 e. The van der Waals surface area contributed by atoms with E-state index in [-0.39, 0.29) is 18.1 Å². The van der Waals surface area contributed by atoms with Gasteiger partial charge in [-0.15, -0.1) is 0 Å². The van der Waals surface area contributed by atoms with Gasteiger partial charge in [-0.25, -0.2) is 8.42 Å². The fraction of sp³-hybridized carbons (Fsp3) is 0.583. The Morgan fingerprint density at radius 1 is 1.32 bits per heavy atom. The molecule has 0 aliphatic carbocycles. The summed E-state index contributed by atoms with van der Waals surface area (Å²) >= 11 is 0. The number of sulfonamides is 1. The Morgan fingerprint density at radius 2 is 2.00 bits per heavy atom. The van der Waals surface area contributed by atoms with Crippen LogP contribution in [0.1, 0.15) is 17.5 Å². The molecule has 0 atom stereocenters. The molecule has 7 heteroatoms. The fourth-order valence-electron chi connectivity index (χ4n) is 2.07. The quantitative estimate of drug-likeness (QED) is 0.734. The molecule has 0 aromatic carbocycles. The highest BCUT2D eigenvalue weighted by Crippen LogP contribution is 2.09. The van der Waals surface area contributed by atoms with Gasteiger partial charge in [0.2, 0.25) is 15.8 Å². The Bertz CT molecular complexity index is 516. The van der Waals surface area contributed by atoms with Crippen molar-refractivity contribution >= 4 is 15.8 Å². The largest absolute Gasteiger partial charge is 0.461 e. The molecule has 1 aromatic rings. The van der Waals surface area contributed by atoms with Gasteiger partial charge in [-0.05, 0) is 19.1 Å². The zero-order valence-corrected chi connectivity index (χ0v) is 11.7. The maximum atomic E-state index is 11.8. The van der Waals surface area contributed by atoms with E-state index in [9.17, 15) is 13.2 Å². The fourth-order valence-corrected chi connectivity index (χ4v) is 3.15. The Hall–Kier alpha value is -1.18. The monoisotopic (exact) mass is 286 g/mol. The van der Waals surface area contributed by atoms with Crippen molar-refractivity contribution in [1.82, 2.24) is 9.21 Å². The number of nitrogens with zero attached hydrogens (tertiary/aromatic N) is 2. The summed E-state index contributed by atoms with van der Waals surface area (Å²) in [5.41, 5.74) is 0. The van der Waals surface area contributed by atoms with Crippen LogP contribution in [0.4, 0.5) is 0 Å². The molecule has 1 fully saturated rings. The molecule has 1 saturated heterocycles. The van der Waals surface area contributed by atoms with Gasteiger partial charge in [-0.3, -0.25) is 9.69 Å². The molecular weight excluding hydrogens is 268 g/mol. The minimum atomic E-state index is -3.11. The molecule has 0 amide bonds. The average Bonchev–Trinajstić information content (AvgIpc) is 2.93. The van der Waals surface area contributed by atoms with Crippen LogP contribution in [0, 0.1) is 0 Å². The number of piperazine rings is 1. The van der Waals surface area contributed by atoms with E-state index in [1.165, 1.54) is 10.6 Å². The molecule has 2 rings (SSSR count). The van der Waals surface area contributed by atoms with E-state index >= 15 is 0 Å². The third-order valence-electron chi connectivity index (χ3n) is 3.25. The van der Waals surface area contributed by atoms with Gasteiger partial charge in [-0.2, -0.15) is 4.31 Å². The predicted molar refractivity (Wildman–Crippen MR) is 70.5 cm³/mol. The Balaban J connectivity index is 1.86. The van der Waals surface area contributed by atoms with E-state index in [4.69, 9.17) is 4.42 Å². The summed E-state index contributed by atoms with van der Waals surface area (Å²) in [5, 5.41) is 0. The van der Waals surface area contributed by atoms with Gasteiger partial charge in [0.05, 0.1) is 18.6 Å². The second kappa shape index (κ2) is 5.85. The van der Waals surface area contributed by atoms with Crippen molar-refractivity contribution in [1.29, 1.82) is 0 Å². The molecule has 1 aliphatic heterocycles. The molecule has 6 nitrogen and oxygen atoms in total. The van der Waals surface area contributed by atoms with E-state index in [0.29, 0.717) is 31.9 Å². The zero-order valence-electron chi connectivity index (χ0n) is 10.9. The Morgan fingerprint density at radius 3 is 2.53 bits per heavy atom. The number of rotatable bonds is 5. The van der Waals surface area contributed by atoms with E-state index in [1.54, 1.807) is 19.1 Å². The van der Waals surface area contributed by atoms with Gasteiger partial charge in [-0.1, -0.05) is 0 Å². The van der Waals surface area contributed by atoms with Crippen LogP contribution in [0.2, 0.25) is 0 Å². The molecule has 2 heterocycles. The van der Waals surface area contributed by atoms with Crippen LogP contribution in [-0.2, 0) is 10.0 Å². The van der Waals surface area contributed by atoms with Gasteiger partial charge < -0.3 is 4.42 Å². The number of Topliss-reactive ketones (excluding diaryl/α,β-unsaturated/α-hetero) is 1. The first-order valence-electron chi connectivity index (χ1n) is 6.30. The average molecular weight is 286 g/mol. The smallest absolute Gasteiger partial charge is 0.213 e. The van der Waals surface area contributed by atoms with Crippen molar-refractivity contribution in [2.24, 2.45) is 0 Å². The van der Waals surface area contributed by atoms with Gasteiger partial charge in [0.1, 0.15) is 0 Å². The summed E-state index contributed by atoms with van der Waals surface area (Å²) in [6.07, 6.45) is 1.47. The first kappa shape index (κ1) is 14.2. The van der Waals surface area contributed by atoms with Crippen LogP contribution in [0.25, 0.3) is 0 Å². The van der Waals surface area contributed by atoms with Gasteiger partial charge in [0.25, 0.3) is 0 Å². The first-order valence-corrected chi connectivity index (χ1v) is 7.90. The molecule has 0 spiro atoms. The summed E-state index contributed by atoms with van der Waals surface area (Å²) in [7, 11) is -3.11. The molecule has 106 valence electrons. The lowest BCUT2D eigenvalue weighted by Gasteiger charge is -2.33. The van der Waals surface area contributed by atoms with Crippen LogP contribution in [0.15, 0.2) is 22.8 Å². The SMILES string of the molecule is CCS(=O)(=O)N1CCN(CC(=O)c2ccco2)CC1. The van der Waals surface area contributed by atoms with E-state index in [1.807, 2.05) is 4.90 Å². The van der Waals surface area contributed by atoms with Crippen molar-refractivity contribution in [3.05, 3.63) is 24.2 Å². The van der Waals surface area contributed by atoms with E-state index < -0.39 is 10.0 Å². The topological polar surface area (TPSA) is 70.8 Å². The highest BCUT2D eigenvalue weighted by Gasteiger charge is 2.26. The van der Waals surface area contributed by atoms with Crippen LogP contribution in [0.5, 0.6) is 0 Å². The van der Waals surface area contributed by atoms with Crippen molar-refractivity contribution in [2.75, 3.05) is 38.5 Å². The van der Waals surface area contributed by atoms with Gasteiger partial charge >= 0.3 is 0 Å². The highest BCUT2D eigenvalue weighted by molar-refractivity contribution is 7.89. The Kier molecular flexibility index (Phi) is 4.38. The lowest BCUT2D eigenvalue weighted by molar-refractivity contribution is 0.0874. The molecule has 0 radical (unpaired) electrons. The Labute approximate surface area is 113 Å². The zero-order chi connectivity index (χ0) is 13.9. The molecule has 0 N–H and O–H groups in total. The molecule has 1 aliphatic rings. The molecular formula is C12H18N2O4S. The molecule has 0 bridgehead atoms. The lowest BCUT2D eigenvalue weighted by Crippen LogP contribution is -2.50. The van der Waals surface area contributed by atoms with Crippen LogP contribution in [0.3, 0.4) is 0 Å². The van der Waals surface area contributed by atoms with Crippen LogP contribution in [-0.4, -0.2) is 61.9 Å². The lowest BCUT2D eigenvalue weighted by atomic mass is 10.2. The summed E-state index contributed by atoms with van der Waals surface area (Å²) in [5.74, 6) is 0.401. The number of carbonyl (C=O) groups excluding carboxylic acids is 1. The summed E-state index contributed by atoms with van der Waals surface area (Å²) < 4.78 is 29.9. The van der Waals surface area contributed by atoms with Crippen molar-refractivity contribution in [2.45, 2.75) is 6.92 Å². The number of ketones is 1. The second-order valence-electron chi connectivity index (χ2n) is 4.48. The van der Waals surface area contributed by atoms with E-state index in [2.05, 4.69) is 0 Å². The number of hydrogen-bond donors (Lipinski definition) is 0. The normalized spacial score (nSPS) is 18.6. The third-order valence-corrected chi connectivity index (χ3v) is 5.13. The summed E-state index contributed by atoms with van der Waals surface area (Å²) in [6, 6.07) is 3.32. The number of carbonyl (C=O) groups is 1. The van der Waals surface area contributed by atoms with E-state index in [0.717, 1.165) is 0 Å². The van der Waals surface area contributed by atoms with Crippen molar-refractivity contribution in [3.8, 4) is 0 Å². The summed E-state index contributed by atoms with van der Waals surface area (Å²) in [4.78, 5) is 13.8. The standard InChI is InChI=1S/C12H18N2O4S/c1-2-19(16,17)14-7-5-13(6-8-14)10-11(15)12-4-3-9-18-12/h3-4,9H,2,5-8,10H2,1H3. The van der Waals surface area contributed by atoms with Crippen molar-refractivity contribution < 1.29 is 17.6 Å². The van der Waals surface area contributed by atoms with Gasteiger partial charge in [0.15, 0.2) is 5.76 Å². The maximum Gasteiger partial charge on any atom is 0.213 e. The minimum absolute atomic E-state index is 0.0724. The molecule has 0 unspecified atom stereocenters. The molecule has 19 heavy (non-hydrogen) atoms. The van der Waals surface area contributed by atoms with Crippen LogP contribution >= 0.6 is 0 Å². The number of hydrogen-bond acceptors (Lipinski definition) is 5.